The molecule has 1 aromatic heterocycles. The third-order valence-corrected chi connectivity index (χ3v) is 2.39. The summed E-state index contributed by atoms with van der Waals surface area (Å²) < 4.78 is 5.00. The molecule has 78 valence electrons. The van der Waals surface area contributed by atoms with Gasteiger partial charge >= 0.3 is 0 Å². The Labute approximate surface area is 88.9 Å². The molecule has 1 rings (SSSR count). The van der Waals surface area contributed by atoms with Gasteiger partial charge in [-0.15, -0.1) is 6.58 Å². The van der Waals surface area contributed by atoms with Gasteiger partial charge in [0.15, 0.2) is 5.22 Å². The van der Waals surface area contributed by atoms with Gasteiger partial charge in [-0.1, -0.05) is 5.57 Å². The Morgan fingerprint density at radius 3 is 2.93 bits per heavy atom. The highest BCUT2D eigenvalue weighted by Gasteiger charge is 2.14. The van der Waals surface area contributed by atoms with Gasteiger partial charge in [-0.2, -0.15) is 0 Å². The number of rotatable bonds is 5. The second kappa shape index (κ2) is 5.20. The summed E-state index contributed by atoms with van der Waals surface area (Å²) in [6, 6.07) is 1.85. The second-order valence-corrected chi connectivity index (χ2v) is 3.71. The van der Waals surface area contributed by atoms with Crippen LogP contribution >= 0.6 is 11.6 Å². The number of hydrogen-bond acceptors (Lipinski definition) is 3. The van der Waals surface area contributed by atoms with E-state index in [1.165, 1.54) is 0 Å². The van der Waals surface area contributed by atoms with Gasteiger partial charge in [0, 0.05) is 5.56 Å². The van der Waals surface area contributed by atoms with E-state index in [9.17, 15) is 0 Å². The molecule has 0 spiro atoms. The smallest absolute Gasteiger partial charge is 0.197 e. The van der Waals surface area contributed by atoms with Gasteiger partial charge in [-0.3, -0.25) is 11.3 Å². The lowest BCUT2D eigenvalue weighted by Gasteiger charge is -2.14. The van der Waals surface area contributed by atoms with E-state index >= 15 is 0 Å². The van der Waals surface area contributed by atoms with E-state index in [0.29, 0.717) is 5.22 Å². The van der Waals surface area contributed by atoms with E-state index in [4.69, 9.17) is 21.9 Å². The molecule has 0 amide bonds. The summed E-state index contributed by atoms with van der Waals surface area (Å²) in [5, 5.41) is 0.398. The standard InChI is InChI=1S/C10H15ClN2O/c1-7(2)3-4-9(13-12)8-5-6-14-10(8)11/h5-6,9,13H,1,3-4,12H2,2H3. The van der Waals surface area contributed by atoms with Gasteiger partial charge in [0.05, 0.1) is 12.3 Å². The molecule has 0 aliphatic carbocycles. The van der Waals surface area contributed by atoms with Crippen LogP contribution in [0.3, 0.4) is 0 Å². The number of allylic oxidation sites excluding steroid dienone is 1. The molecule has 0 aliphatic rings. The Kier molecular flexibility index (Phi) is 4.20. The van der Waals surface area contributed by atoms with E-state index in [1.54, 1.807) is 6.26 Å². The summed E-state index contributed by atoms with van der Waals surface area (Å²) in [6.45, 7) is 5.83. The van der Waals surface area contributed by atoms with Crippen LogP contribution in [0.1, 0.15) is 31.4 Å². The molecule has 0 aliphatic heterocycles. The van der Waals surface area contributed by atoms with Gasteiger partial charge in [0.2, 0.25) is 0 Å². The van der Waals surface area contributed by atoms with Crippen LogP contribution in [0.25, 0.3) is 0 Å². The van der Waals surface area contributed by atoms with Gasteiger partial charge in [-0.25, -0.2) is 0 Å². The molecule has 0 aromatic carbocycles. The van der Waals surface area contributed by atoms with Crippen molar-refractivity contribution in [2.24, 2.45) is 5.84 Å². The van der Waals surface area contributed by atoms with E-state index < -0.39 is 0 Å². The van der Waals surface area contributed by atoms with Crippen molar-refractivity contribution in [1.82, 2.24) is 5.43 Å². The SMILES string of the molecule is C=C(C)CCC(NN)c1ccoc1Cl. The summed E-state index contributed by atoms with van der Waals surface area (Å²) in [7, 11) is 0. The number of furan rings is 1. The van der Waals surface area contributed by atoms with Gasteiger partial charge < -0.3 is 4.42 Å². The number of hydrogen-bond donors (Lipinski definition) is 2. The maximum Gasteiger partial charge on any atom is 0.197 e. The van der Waals surface area contributed by atoms with Gasteiger partial charge in [0.25, 0.3) is 0 Å². The predicted molar refractivity (Wildman–Crippen MR) is 57.8 cm³/mol. The Hall–Kier alpha value is -0.770. The Balaban J connectivity index is 2.63. The average molecular weight is 215 g/mol. The molecule has 0 bridgehead atoms. The van der Waals surface area contributed by atoms with Crippen LogP contribution in [0, 0.1) is 0 Å². The molecular weight excluding hydrogens is 200 g/mol. The molecule has 0 saturated carbocycles. The van der Waals surface area contributed by atoms with Crippen LogP contribution in [0.15, 0.2) is 28.9 Å². The number of nitrogens with one attached hydrogen (secondary N) is 1. The molecule has 1 heterocycles. The van der Waals surface area contributed by atoms with Crippen LogP contribution in [-0.2, 0) is 0 Å². The predicted octanol–water partition coefficient (Wildman–Crippen LogP) is 2.79. The zero-order chi connectivity index (χ0) is 10.6. The molecule has 3 N–H and O–H groups in total. The quantitative estimate of drug-likeness (QED) is 0.450. The molecule has 0 saturated heterocycles. The van der Waals surface area contributed by atoms with Crippen molar-refractivity contribution < 1.29 is 4.42 Å². The summed E-state index contributed by atoms with van der Waals surface area (Å²) in [5.41, 5.74) is 4.74. The topological polar surface area (TPSA) is 51.2 Å². The van der Waals surface area contributed by atoms with Crippen molar-refractivity contribution in [2.75, 3.05) is 0 Å². The van der Waals surface area contributed by atoms with Gasteiger partial charge in [-0.05, 0) is 37.4 Å². The van der Waals surface area contributed by atoms with Crippen molar-refractivity contribution in [3.63, 3.8) is 0 Å². The maximum absolute atomic E-state index is 5.84. The lowest BCUT2D eigenvalue weighted by atomic mass is 10.0. The fourth-order valence-corrected chi connectivity index (χ4v) is 1.52. The summed E-state index contributed by atoms with van der Waals surface area (Å²) in [6.07, 6.45) is 3.34. The zero-order valence-corrected chi connectivity index (χ0v) is 8.97. The molecule has 1 unspecified atom stereocenters. The fourth-order valence-electron chi connectivity index (χ4n) is 1.27. The van der Waals surface area contributed by atoms with Crippen LogP contribution < -0.4 is 11.3 Å². The van der Waals surface area contributed by atoms with E-state index in [1.807, 2.05) is 13.0 Å². The minimum Gasteiger partial charge on any atom is -0.453 e. The molecular formula is C10H15ClN2O. The van der Waals surface area contributed by atoms with E-state index in [0.717, 1.165) is 24.0 Å². The van der Waals surface area contributed by atoms with Crippen LogP contribution in [0.5, 0.6) is 0 Å². The first kappa shape index (κ1) is 11.3. The Morgan fingerprint density at radius 2 is 2.50 bits per heavy atom. The van der Waals surface area contributed by atoms with E-state index in [-0.39, 0.29) is 6.04 Å². The minimum atomic E-state index is 0.0259. The fraction of sp³-hybridized carbons (Fsp3) is 0.400. The normalized spacial score (nSPS) is 12.8. The monoisotopic (exact) mass is 214 g/mol. The number of halogens is 1. The first-order chi connectivity index (χ1) is 6.65. The molecule has 4 heteroatoms. The highest BCUT2D eigenvalue weighted by molar-refractivity contribution is 6.29. The highest BCUT2D eigenvalue weighted by atomic mass is 35.5. The van der Waals surface area contributed by atoms with Crippen molar-refractivity contribution in [2.45, 2.75) is 25.8 Å². The van der Waals surface area contributed by atoms with Gasteiger partial charge in [0.1, 0.15) is 0 Å². The molecule has 3 nitrogen and oxygen atoms in total. The first-order valence-electron chi connectivity index (χ1n) is 4.48. The second-order valence-electron chi connectivity index (χ2n) is 3.36. The Morgan fingerprint density at radius 1 is 1.79 bits per heavy atom. The number of hydrazine groups is 1. The average Bonchev–Trinajstić information content (AvgIpc) is 2.53. The van der Waals surface area contributed by atoms with E-state index in [2.05, 4.69) is 12.0 Å². The summed E-state index contributed by atoms with van der Waals surface area (Å²) in [5.74, 6) is 5.44. The third kappa shape index (κ3) is 2.87. The van der Waals surface area contributed by atoms with Crippen molar-refractivity contribution in [3.8, 4) is 0 Å². The van der Waals surface area contributed by atoms with Crippen LogP contribution in [0.2, 0.25) is 5.22 Å². The largest absolute Gasteiger partial charge is 0.453 e. The first-order valence-corrected chi connectivity index (χ1v) is 4.86. The molecule has 1 aromatic rings. The highest BCUT2D eigenvalue weighted by Crippen LogP contribution is 2.27. The zero-order valence-electron chi connectivity index (χ0n) is 8.22. The summed E-state index contributed by atoms with van der Waals surface area (Å²) in [4.78, 5) is 0. The van der Waals surface area contributed by atoms with Crippen LogP contribution in [0.4, 0.5) is 0 Å². The Bertz CT molecular complexity index is 309. The lowest BCUT2D eigenvalue weighted by molar-refractivity contribution is 0.502. The molecule has 1 atom stereocenters. The van der Waals surface area contributed by atoms with Crippen molar-refractivity contribution >= 4 is 11.6 Å². The molecule has 0 radical (unpaired) electrons. The van der Waals surface area contributed by atoms with Crippen molar-refractivity contribution in [3.05, 3.63) is 35.3 Å². The summed E-state index contributed by atoms with van der Waals surface area (Å²) >= 11 is 5.84. The van der Waals surface area contributed by atoms with Crippen molar-refractivity contribution in [1.29, 1.82) is 0 Å². The third-order valence-electron chi connectivity index (χ3n) is 2.08. The molecule has 14 heavy (non-hydrogen) atoms. The minimum absolute atomic E-state index is 0.0259. The molecule has 0 fully saturated rings. The maximum atomic E-state index is 5.84. The lowest BCUT2D eigenvalue weighted by Crippen LogP contribution is -2.27. The van der Waals surface area contributed by atoms with Crippen LogP contribution in [-0.4, -0.2) is 0 Å². The number of nitrogens with two attached hydrogens (primary N) is 1.